The van der Waals surface area contributed by atoms with Crippen LogP contribution in [0.4, 0.5) is 0 Å². The lowest BCUT2D eigenvalue weighted by Gasteiger charge is -2.03. The molecule has 1 heteroatoms. The molecule has 1 atom stereocenters. The molecular weight excluding hydrogens is 194 g/mol. The van der Waals surface area contributed by atoms with Crippen LogP contribution in [0.25, 0.3) is 16.8 Å². The van der Waals surface area contributed by atoms with Gasteiger partial charge in [-0.1, -0.05) is 48.6 Å². The number of rotatable bonds is 3. The van der Waals surface area contributed by atoms with E-state index in [9.17, 15) is 0 Å². The van der Waals surface area contributed by atoms with Gasteiger partial charge in [0.05, 0.1) is 0 Å². The molecule has 0 saturated heterocycles. The Morgan fingerprint density at radius 1 is 1.06 bits per heavy atom. The monoisotopic (exact) mass is 211 g/mol. The topological polar surface area (TPSA) is 12.0 Å². The fourth-order valence-corrected chi connectivity index (χ4v) is 1.66. The molecule has 2 rings (SSSR count). The lowest BCUT2D eigenvalue weighted by molar-refractivity contribution is 0.731. The molecule has 82 valence electrons. The summed E-state index contributed by atoms with van der Waals surface area (Å²) >= 11 is 0. The van der Waals surface area contributed by atoms with Crippen LogP contribution in [0.2, 0.25) is 0 Å². The zero-order valence-electron chi connectivity index (χ0n) is 9.77. The van der Waals surface area contributed by atoms with Crippen molar-refractivity contribution in [3.8, 4) is 0 Å². The minimum Gasteiger partial charge on any atom is -0.314 e. The molecule has 0 amide bonds. The fourth-order valence-electron chi connectivity index (χ4n) is 1.66. The summed E-state index contributed by atoms with van der Waals surface area (Å²) < 4.78 is 0. The van der Waals surface area contributed by atoms with E-state index < -0.39 is 0 Å². The molecule has 1 nitrogen and oxygen atoms in total. The SMILES string of the molecule is CNC(C)/C=C/c1ccc2ccccc2c1. The van der Waals surface area contributed by atoms with Gasteiger partial charge in [-0.15, -0.1) is 0 Å². The van der Waals surface area contributed by atoms with Crippen molar-refractivity contribution in [2.75, 3.05) is 7.05 Å². The predicted octanol–water partition coefficient (Wildman–Crippen LogP) is 3.46. The molecule has 0 fully saturated rings. The first kappa shape index (κ1) is 10.9. The summed E-state index contributed by atoms with van der Waals surface area (Å²) in [5.41, 5.74) is 1.25. The van der Waals surface area contributed by atoms with E-state index in [2.05, 4.69) is 66.9 Å². The molecule has 0 aliphatic heterocycles. The van der Waals surface area contributed by atoms with Gasteiger partial charge in [-0.25, -0.2) is 0 Å². The van der Waals surface area contributed by atoms with E-state index in [1.165, 1.54) is 16.3 Å². The van der Waals surface area contributed by atoms with Crippen molar-refractivity contribution in [1.82, 2.24) is 5.32 Å². The Balaban J connectivity index is 2.29. The van der Waals surface area contributed by atoms with Crippen LogP contribution in [0.5, 0.6) is 0 Å². The molecule has 1 N–H and O–H groups in total. The first-order chi connectivity index (χ1) is 7.79. The Labute approximate surface area is 96.8 Å². The molecule has 0 bridgehead atoms. The molecule has 0 aliphatic rings. The van der Waals surface area contributed by atoms with Gasteiger partial charge >= 0.3 is 0 Å². The highest BCUT2D eigenvalue weighted by atomic mass is 14.8. The molecule has 0 aromatic heterocycles. The summed E-state index contributed by atoms with van der Waals surface area (Å²) in [7, 11) is 1.97. The normalized spacial score (nSPS) is 13.4. The summed E-state index contributed by atoms with van der Waals surface area (Å²) in [6.45, 7) is 2.14. The van der Waals surface area contributed by atoms with Gasteiger partial charge in [-0.2, -0.15) is 0 Å². The van der Waals surface area contributed by atoms with Crippen molar-refractivity contribution in [1.29, 1.82) is 0 Å². The lowest BCUT2D eigenvalue weighted by atomic mass is 10.1. The van der Waals surface area contributed by atoms with Crippen LogP contribution < -0.4 is 5.32 Å². The van der Waals surface area contributed by atoms with Crippen LogP contribution >= 0.6 is 0 Å². The number of nitrogens with one attached hydrogen (secondary N) is 1. The van der Waals surface area contributed by atoms with Crippen molar-refractivity contribution in [2.24, 2.45) is 0 Å². The van der Waals surface area contributed by atoms with Gasteiger partial charge in [0.2, 0.25) is 0 Å². The molecule has 0 aliphatic carbocycles. The Hall–Kier alpha value is -1.60. The Morgan fingerprint density at radius 3 is 2.56 bits per heavy atom. The zero-order chi connectivity index (χ0) is 11.4. The second-order valence-corrected chi connectivity index (χ2v) is 4.04. The highest BCUT2D eigenvalue weighted by molar-refractivity contribution is 5.84. The number of fused-ring (bicyclic) bond motifs is 1. The van der Waals surface area contributed by atoms with Crippen LogP contribution in [-0.2, 0) is 0 Å². The van der Waals surface area contributed by atoms with Crippen LogP contribution in [0.3, 0.4) is 0 Å². The lowest BCUT2D eigenvalue weighted by Crippen LogP contribution is -2.17. The number of hydrogen-bond acceptors (Lipinski definition) is 1. The Kier molecular flexibility index (Phi) is 3.37. The molecule has 0 heterocycles. The van der Waals surface area contributed by atoms with E-state index in [1.54, 1.807) is 0 Å². The van der Waals surface area contributed by atoms with E-state index in [0.717, 1.165) is 0 Å². The van der Waals surface area contributed by atoms with Crippen molar-refractivity contribution < 1.29 is 0 Å². The molecule has 0 radical (unpaired) electrons. The number of benzene rings is 2. The van der Waals surface area contributed by atoms with Gasteiger partial charge in [-0.3, -0.25) is 0 Å². The van der Waals surface area contributed by atoms with Gasteiger partial charge in [-0.05, 0) is 36.4 Å². The summed E-state index contributed by atoms with van der Waals surface area (Å²) in [6, 6.07) is 15.4. The first-order valence-corrected chi connectivity index (χ1v) is 5.64. The molecule has 16 heavy (non-hydrogen) atoms. The van der Waals surface area contributed by atoms with Crippen LogP contribution in [0.1, 0.15) is 12.5 Å². The van der Waals surface area contributed by atoms with Crippen LogP contribution in [-0.4, -0.2) is 13.1 Å². The maximum Gasteiger partial charge on any atom is 0.0221 e. The highest BCUT2D eigenvalue weighted by Gasteiger charge is 1.94. The minimum absolute atomic E-state index is 0.409. The summed E-state index contributed by atoms with van der Waals surface area (Å²) in [4.78, 5) is 0. The van der Waals surface area contributed by atoms with E-state index in [4.69, 9.17) is 0 Å². The summed E-state index contributed by atoms with van der Waals surface area (Å²) in [5, 5.41) is 5.77. The maximum atomic E-state index is 3.19. The third kappa shape index (κ3) is 2.50. The van der Waals surface area contributed by atoms with Crippen molar-refractivity contribution in [3.05, 3.63) is 54.1 Å². The highest BCUT2D eigenvalue weighted by Crippen LogP contribution is 2.16. The summed E-state index contributed by atoms with van der Waals surface area (Å²) in [5.74, 6) is 0. The second-order valence-electron chi connectivity index (χ2n) is 4.04. The number of likely N-dealkylation sites (N-methyl/N-ethyl adjacent to an activating group) is 1. The van der Waals surface area contributed by atoms with Crippen LogP contribution in [0, 0.1) is 0 Å². The van der Waals surface area contributed by atoms with Gasteiger partial charge in [0, 0.05) is 6.04 Å². The first-order valence-electron chi connectivity index (χ1n) is 5.64. The fraction of sp³-hybridized carbons (Fsp3) is 0.200. The molecular formula is C15H17N. The smallest absolute Gasteiger partial charge is 0.0221 e. The van der Waals surface area contributed by atoms with E-state index in [-0.39, 0.29) is 0 Å². The molecule has 1 unspecified atom stereocenters. The van der Waals surface area contributed by atoms with E-state index in [1.807, 2.05) is 7.05 Å². The average Bonchev–Trinajstić information content (AvgIpc) is 2.35. The van der Waals surface area contributed by atoms with Crippen molar-refractivity contribution in [3.63, 3.8) is 0 Å². The zero-order valence-corrected chi connectivity index (χ0v) is 9.77. The summed E-state index contributed by atoms with van der Waals surface area (Å²) in [6.07, 6.45) is 4.33. The van der Waals surface area contributed by atoms with Gasteiger partial charge in [0.15, 0.2) is 0 Å². The molecule has 0 spiro atoms. The standard InChI is InChI=1S/C15H17N/c1-12(16-2)7-8-13-9-10-14-5-3-4-6-15(14)11-13/h3-12,16H,1-2H3/b8-7+. The average molecular weight is 211 g/mol. The van der Waals surface area contributed by atoms with Crippen LogP contribution in [0.15, 0.2) is 48.5 Å². The minimum atomic E-state index is 0.409. The predicted molar refractivity (Wildman–Crippen MR) is 71.5 cm³/mol. The van der Waals surface area contributed by atoms with Gasteiger partial charge in [0.25, 0.3) is 0 Å². The Morgan fingerprint density at radius 2 is 1.81 bits per heavy atom. The Bertz CT molecular complexity index is 500. The van der Waals surface area contributed by atoms with Gasteiger partial charge < -0.3 is 5.32 Å². The second kappa shape index (κ2) is 4.95. The third-order valence-corrected chi connectivity index (χ3v) is 2.81. The van der Waals surface area contributed by atoms with Crippen molar-refractivity contribution in [2.45, 2.75) is 13.0 Å². The van der Waals surface area contributed by atoms with Gasteiger partial charge in [0.1, 0.15) is 0 Å². The quantitative estimate of drug-likeness (QED) is 0.819. The molecule has 0 saturated carbocycles. The molecule has 2 aromatic carbocycles. The largest absolute Gasteiger partial charge is 0.314 e. The van der Waals surface area contributed by atoms with Crippen molar-refractivity contribution >= 4 is 16.8 Å². The van der Waals surface area contributed by atoms with E-state index >= 15 is 0 Å². The molecule has 2 aromatic rings. The van der Waals surface area contributed by atoms with E-state index in [0.29, 0.717) is 6.04 Å². The number of hydrogen-bond donors (Lipinski definition) is 1. The maximum absolute atomic E-state index is 3.19. The third-order valence-electron chi connectivity index (χ3n) is 2.81.